The molecule has 2 aromatic carbocycles. The summed E-state index contributed by atoms with van der Waals surface area (Å²) in [4.78, 5) is 0. The Balaban J connectivity index is 1.73. The summed E-state index contributed by atoms with van der Waals surface area (Å²) in [5.74, 6) is 0.817. The first-order valence-electron chi connectivity index (χ1n) is 5.62. The monoisotopic (exact) mass is 281 g/mol. The van der Waals surface area contributed by atoms with E-state index in [9.17, 15) is 0 Å². The highest BCUT2D eigenvalue weighted by molar-refractivity contribution is 6.30. The molecule has 0 amide bonds. The average molecular weight is 282 g/mol. The summed E-state index contributed by atoms with van der Waals surface area (Å²) in [6, 6.07) is 14.9. The Morgan fingerprint density at radius 1 is 0.833 bits per heavy atom. The maximum absolute atomic E-state index is 5.80. The molecule has 4 heteroatoms. The predicted octanol–water partition coefficient (Wildman–Crippen LogP) is 4.48. The van der Waals surface area contributed by atoms with E-state index in [-0.39, 0.29) is 0 Å². The average Bonchev–Trinajstić information content (AvgIpc) is 2.39. The summed E-state index contributed by atoms with van der Waals surface area (Å²) >= 11 is 11.6. The molecule has 0 aliphatic heterocycles. The van der Waals surface area contributed by atoms with E-state index in [1.54, 1.807) is 0 Å². The molecule has 94 valence electrons. The molecule has 0 heterocycles. The first-order valence-corrected chi connectivity index (χ1v) is 6.37. The molecule has 2 nitrogen and oxygen atoms in total. The minimum Gasteiger partial charge on any atom is -0.492 e. The van der Waals surface area contributed by atoms with Crippen molar-refractivity contribution < 1.29 is 4.74 Å². The Hall–Kier alpha value is -1.38. The van der Waals surface area contributed by atoms with Crippen molar-refractivity contribution in [3.05, 3.63) is 58.6 Å². The van der Waals surface area contributed by atoms with Crippen LogP contribution in [-0.2, 0) is 0 Å². The van der Waals surface area contributed by atoms with E-state index in [0.29, 0.717) is 11.6 Å². The van der Waals surface area contributed by atoms with Gasteiger partial charge in [-0.25, -0.2) is 0 Å². The lowest BCUT2D eigenvalue weighted by molar-refractivity contribution is 0.333. The van der Waals surface area contributed by atoms with Crippen LogP contribution in [0.5, 0.6) is 5.75 Å². The van der Waals surface area contributed by atoms with Crippen LogP contribution < -0.4 is 10.1 Å². The quantitative estimate of drug-likeness (QED) is 0.816. The first-order chi connectivity index (χ1) is 8.74. The van der Waals surface area contributed by atoms with Crippen LogP contribution in [0.4, 0.5) is 5.69 Å². The number of rotatable bonds is 5. The van der Waals surface area contributed by atoms with E-state index in [0.717, 1.165) is 23.0 Å². The van der Waals surface area contributed by atoms with E-state index in [4.69, 9.17) is 27.9 Å². The molecular formula is C14H13Cl2NO. The standard InChI is InChI=1S/C14H13Cl2NO/c15-11-1-5-13(6-2-11)17-9-10-18-14-7-3-12(16)4-8-14/h1-8,17H,9-10H2. The number of ether oxygens (including phenoxy) is 1. The Morgan fingerprint density at radius 3 is 2.00 bits per heavy atom. The third kappa shape index (κ3) is 4.13. The molecule has 0 saturated heterocycles. The highest BCUT2D eigenvalue weighted by Gasteiger charge is 1.95. The van der Waals surface area contributed by atoms with Crippen molar-refractivity contribution in [2.45, 2.75) is 0 Å². The number of benzene rings is 2. The fraction of sp³-hybridized carbons (Fsp3) is 0.143. The van der Waals surface area contributed by atoms with Gasteiger partial charge in [0.2, 0.25) is 0 Å². The Labute approximate surface area is 116 Å². The number of halogens is 2. The zero-order valence-electron chi connectivity index (χ0n) is 9.70. The second-order valence-corrected chi connectivity index (χ2v) is 4.61. The van der Waals surface area contributed by atoms with Crippen molar-refractivity contribution in [1.82, 2.24) is 0 Å². The van der Waals surface area contributed by atoms with Gasteiger partial charge in [0, 0.05) is 22.3 Å². The molecule has 0 atom stereocenters. The number of nitrogens with one attached hydrogen (secondary N) is 1. The predicted molar refractivity (Wildman–Crippen MR) is 76.9 cm³/mol. The second-order valence-electron chi connectivity index (χ2n) is 3.74. The molecule has 0 aromatic heterocycles. The van der Waals surface area contributed by atoms with Gasteiger partial charge in [-0.05, 0) is 48.5 Å². The molecule has 0 saturated carbocycles. The zero-order chi connectivity index (χ0) is 12.8. The molecule has 0 spiro atoms. The number of hydrogen-bond donors (Lipinski definition) is 1. The summed E-state index contributed by atoms with van der Waals surface area (Å²) in [6.07, 6.45) is 0. The molecule has 0 bridgehead atoms. The van der Waals surface area contributed by atoms with Crippen molar-refractivity contribution in [1.29, 1.82) is 0 Å². The van der Waals surface area contributed by atoms with Gasteiger partial charge in [-0.3, -0.25) is 0 Å². The molecular weight excluding hydrogens is 269 g/mol. The Kier molecular flexibility index (Phi) is 4.73. The molecule has 0 aliphatic rings. The lowest BCUT2D eigenvalue weighted by atomic mass is 10.3. The number of hydrogen-bond acceptors (Lipinski definition) is 2. The summed E-state index contributed by atoms with van der Waals surface area (Å²) in [6.45, 7) is 1.31. The molecule has 0 fully saturated rings. The van der Waals surface area contributed by atoms with Gasteiger partial charge in [0.1, 0.15) is 12.4 Å². The fourth-order valence-electron chi connectivity index (χ4n) is 1.46. The summed E-state index contributed by atoms with van der Waals surface area (Å²) in [5.41, 5.74) is 1.03. The lowest BCUT2D eigenvalue weighted by Gasteiger charge is -2.08. The fourth-order valence-corrected chi connectivity index (χ4v) is 1.71. The van der Waals surface area contributed by atoms with Crippen molar-refractivity contribution in [3.63, 3.8) is 0 Å². The lowest BCUT2D eigenvalue weighted by Crippen LogP contribution is -2.11. The van der Waals surface area contributed by atoms with Crippen LogP contribution in [-0.4, -0.2) is 13.2 Å². The SMILES string of the molecule is Clc1ccc(NCCOc2ccc(Cl)cc2)cc1. The molecule has 0 aliphatic carbocycles. The van der Waals surface area contributed by atoms with E-state index < -0.39 is 0 Å². The topological polar surface area (TPSA) is 21.3 Å². The van der Waals surface area contributed by atoms with Crippen LogP contribution in [0.15, 0.2) is 48.5 Å². The largest absolute Gasteiger partial charge is 0.492 e. The van der Waals surface area contributed by atoms with E-state index in [2.05, 4.69) is 5.32 Å². The molecule has 0 radical (unpaired) electrons. The van der Waals surface area contributed by atoms with Gasteiger partial charge >= 0.3 is 0 Å². The summed E-state index contributed by atoms with van der Waals surface area (Å²) < 4.78 is 5.56. The first kappa shape index (κ1) is 13.1. The zero-order valence-corrected chi connectivity index (χ0v) is 11.2. The molecule has 2 aromatic rings. The maximum atomic E-state index is 5.80. The van der Waals surface area contributed by atoms with E-state index in [1.807, 2.05) is 48.5 Å². The smallest absolute Gasteiger partial charge is 0.119 e. The minimum absolute atomic E-state index is 0.588. The van der Waals surface area contributed by atoms with Gasteiger partial charge in [0.05, 0.1) is 0 Å². The minimum atomic E-state index is 0.588. The van der Waals surface area contributed by atoms with Crippen LogP contribution in [0, 0.1) is 0 Å². The highest BCUT2D eigenvalue weighted by atomic mass is 35.5. The van der Waals surface area contributed by atoms with Crippen LogP contribution in [0.25, 0.3) is 0 Å². The van der Waals surface area contributed by atoms with Gasteiger partial charge in [-0.2, -0.15) is 0 Å². The molecule has 2 rings (SSSR count). The number of anilines is 1. The van der Waals surface area contributed by atoms with Crippen molar-refractivity contribution >= 4 is 28.9 Å². The van der Waals surface area contributed by atoms with Crippen molar-refractivity contribution in [2.24, 2.45) is 0 Å². The van der Waals surface area contributed by atoms with Crippen LogP contribution >= 0.6 is 23.2 Å². The maximum Gasteiger partial charge on any atom is 0.119 e. The van der Waals surface area contributed by atoms with Crippen molar-refractivity contribution in [3.8, 4) is 5.75 Å². The summed E-state index contributed by atoms with van der Waals surface area (Å²) in [5, 5.41) is 4.69. The molecule has 0 unspecified atom stereocenters. The third-order valence-electron chi connectivity index (χ3n) is 2.36. The van der Waals surface area contributed by atoms with Gasteiger partial charge in [-0.1, -0.05) is 23.2 Å². The van der Waals surface area contributed by atoms with Gasteiger partial charge in [0.25, 0.3) is 0 Å². The van der Waals surface area contributed by atoms with Gasteiger partial charge in [0.15, 0.2) is 0 Å². The normalized spacial score (nSPS) is 10.1. The van der Waals surface area contributed by atoms with Crippen LogP contribution in [0.2, 0.25) is 10.0 Å². The third-order valence-corrected chi connectivity index (χ3v) is 2.86. The van der Waals surface area contributed by atoms with E-state index in [1.165, 1.54) is 0 Å². The Morgan fingerprint density at radius 2 is 1.39 bits per heavy atom. The van der Waals surface area contributed by atoms with Crippen molar-refractivity contribution in [2.75, 3.05) is 18.5 Å². The Bertz CT molecular complexity index is 435. The highest BCUT2D eigenvalue weighted by Crippen LogP contribution is 2.16. The van der Waals surface area contributed by atoms with Gasteiger partial charge in [-0.15, -0.1) is 0 Å². The molecule has 1 N–H and O–H groups in total. The van der Waals surface area contributed by atoms with Gasteiger partial charge < -0.3 is 10.1 Å². The second kappa shape index (κ2) is 6.53. The van der Waals surface area contributed by atoms with E-state index >= 15 is 0 Å². The van der Waals surface area contributed by atoms with Crippen LogP contribution in [0.3, 0.4) is 0 Å². The van der Waals surface area contributed by atoms with Crippen LogP contribution in [0.1, 0.15) is 0 Å². The summed E-state index contributed by atoms with van der Waals surface area (Å²) in [7, 11) is 0. The molecule has 18 heavy (non-hydrogen) atoms.